The van der Waals surface area contributed by atoms with Crippen molar-refractivity contribution in [2.24, 2.45) is 0 Å². The molecule has 0 saturated carbocycles. The van der Waals surface area contributed by atoms with Gasteiger partial charge in [0.2, 0.25) is 0 Å². The molecule has 1 heterocycles. The molecule has 0 spiro atoms. The van der Waals surface area contributed by atoms with Crippen molar-refractivity contribution in [3.05, 3.63) is 30.1 Å². The summed E-state index contributed by atoms with van der Waals surface area (Å²) < 4.78 is 17.8. The van der Waals surface area contributed by atoms with Gasteiger partial charge in [-0.1, -0.05) is 6.92 Å². The molecule has 140 valence electrons. The van der Waals surface area contributed by atoms with E-state index in [0.717, 1.165) is 4.90 Å². The highest BCUT2D eigenvalue weighted by Crippen LogP contribution is 2.20. The predicted molar refractivity (Wildman–Crippen MR) is 89.5 cm³/mol. The van der Waals surface area contributed by atoms with Crippen molar-refractivity contribution in [1.82, 2.24) is 10.2 Å². The first-order valence-corrected chi connectivity index (χ1v) is 8.06. The van der Waals surface area contributed by atoms with Crippen LogP contribution in [0.5, 0.6) is 0 Å². The van der Waals surface area contributed by atoms with E-state index >= 15 is 0 Å². The molecule has 9 heteroatoms. The van der Waals surface area contributed by atoms with Crippen LogP contribution in [0.25, 0.3) is 0 Å². The maximum absolute atomic E-state index is 12.8. The van der Waals surface area contributed by atoms with E-state index in [-0.39, 0.29) is 0 Å². The molecule has 0 aromatic heterocycles. The van der Waals surface area contributed by atoms with E-state index in [1.54, 1.807) is 13.8 Å². The van der Waals surface area contributed by atoms with Gasteiger partial charge in [0.25, 0.3) is 11.8 Å². The zero-order valence-electron chi connectivity index (χ0n) is 14.7. The largest absolute Gasteiger partial charge is 0.451 e. The number of amides is 4. The Balaban J connectivity index is 1.90. The SMILES string of the molecule is CC[C@]1(C)NC(=O)N(CC(=O)O[C@H](C)C(=O)Nc2ccc(F)cc2)C1=O. The quantitative estimate of drug-likeness (QED) is 0.586. The van der Waals surface area contributed by atoms with Crippen molar-refractivity contribution in [3.63, 3.8) is 0 Å². The fourth-order valence-electron chi connectivity index (χ4n) is 2.32. The van der Waals surface area contributed by atoms with Gasteiger partial charge in [0, 0.05) is 5.69 Å². The van der Waals surface area contributed by atoms with Gasteiger partial charge in [-0.25, -0.2) is 9.18 Å². The van der Waals surface area contributed by atoms with E-state index in [4.69, 9.17) is 4.74 Å². The number of anilines is 1. The van der Waals surface area contributed by atoms with Crippen LogP contribution in [0.3, 0.4) is 0 Å². The van der Waals surface area contributed by atoms with E-state index in [2.05, 4.69) is 10.6 Å². The standard InChI is InChI=1S/C17H20FN3O5/c1-4-17(3)15(24)21(16(25)20-17)9-13(22)26-10(2)14(23)19-12-7-5-11(18)6-8-12/h5-8,10H,4,9H2,1-3H3,(H,19,23)(H,20,25)/t10-,17+/m1/s1. The molecule has 2 atom stereocenters. The van der Waals surface area contributed by atoms with Crippen molar-refractivity contribution in [3.8, 4) is 0 Å². The fourth-order valence-corrected chi connectivity index (χ4v) is 2.32. The molecule has 1 fully saturated rings. The maximum Gasteiger partial charge on any atom is 0.327 e. The molecule has 1 aromatic carbocycles. The van der Waals surface area contributed by atoms with Crippen LogP contribution in [0.1, 0.15) is 27.2 Å². The zero-order valence-corrected chi connectivity index (χ0v) is 14.7. The first kappa shape index (κ1) is 19.4. The minimum Gasteiger partial charge on any atom is -0.451 e. The molecule has 8 nitrogen and oxygen atoms in total. The van der Waals surface area contributed by atoms with Crippen molar-refractivity contribution >= 4 is 29.5 Å². The molecule has 26 heavy (non-hydrogen) atoms. The summed E-state index contributed by atoms with van der Waals surface area (Å²) in [7, 11) is 0. The number of ether oxygens (including phenoxy) is 1. The van der Waals surface area contributed by atoms with Gasteiger partial charge in [0.1, 0.15) is 17.9 Å². The van der Waals surface area contributed by atoms with Crippen LogP contribution in [0, 0.1) is 5.82 Å². The first-order valence-electron chi connectivity index (χ1n) is 8.06. The average Bonchev–Trinajstić information content (AvgIpc) is 2.80. The lowest BCUT2D eigenvalue weighted by atomic mass is 9.99. The Labute approximate surface area is 149 Å². The van der Waals surface area contributed by atoms with Gasteiger partial charge in [-0.2, -0.15) is 0 Å². The molecular weight excluding hydrogens is 345 g/mol. The van der Waals surface area contributed by atoms with Gasteiger partial charge in [-0.05, 0) is 44.5 Å². The van der Waals surface area contributed by atoms with E-state index in [0.29, 0.717) is 12.1 Å². The Bertz CT molecular complexity index is 736. The second-order valence-corrected chi connectivity index (χ2v) is 6.14. The van der Waals surface area contributed by atoms with Gasteiger partial charge < -0.3 is 15.4 Å². The molecule has 1 saturated heterocycles. The summed E-state index contributed by atoms with van der Waals surface area (Å²) in [6, 6.07) is 4.39. The number of rotatable bonds is 6. The van der Waals surface area contributed by atoms with E-state index in [1.165, 1.54) is 31.2 Å². The summed E-state index contributed by atoms with van der Waals surface area (Å²) in [5.74, 6) is -2.49. The number of urea groups is 1. The van der Waals surface area contributed by atoms with Crippen molar-refractivity contribution in [1.29, 1.82) is 0 Å². The summed E-state index contributed by atoms with van der Waals surface area (Å²) in [5, 5.41) is 4.98. The smallest absolute Gasteiger partial charge is 0.327 e. The van der Waals surface area contributed by atoms with Crippen molar-refractivity contribution in [2.75, 3.05) is 11.9 Å². The number of halogens is 1. The number of imide groups is 1. The topological polar surface area (TPSA) is 105 Å². The molecule has 1 aromatic rings. The number of hydrogen-bond donors (Lipinski definition) is 2. The lowest BCUT2D eigenvalue weighted by Gasteiger charge is -2.19. The molecule has 0 radical (unpaired) electrons. The highest BCUT2D eigenvalue weighted by atomic mass is 19.1. The zero-order chi connectivity index (χ0) is 19.5. The van der Waals surface area contributed by atoms with E-state index in [9.17, 15) is 23.6 Å². The summed E-state index contributed by atoms with van der Waals surface area (Å²) in [6.45, 7) is 4.06. The van der Waals surface area contributed by atoms with Crippen LogP contribution < -0.4 is 10.6 Å². The van der Waals surface area contributed by atoms with Gasteiger partial charge in [-0.15, -0.1) is 0 Å². The average molecular weight is 365 g/mol. The number of carbonyl (C=O) groups is 4. The summed E-state index contributed by atoms with van der Waals surface area (Å²) >= 11 is 0. The van der Waals surface area contributed by atoms with Crippen LogP contribution in [0.2, 0.25) is 0 Å². The van der Waals surface area contributed by atoms with Gasteiger partial charge in [0.15, 0.2) is 6.10 Å². The minimum atomic E-state index is -1.16. The van der Waals surface area contributed by atoms with E-state index < -0.39 is 47.8 Å². The number of nitrogens with one attached hydrogen (secondary N) is 2. The third-order valence-corrected chi connectivity index (χ3v) is 4.13. The van der Waals surface area contributed by atoms with Crippen molar-refractivity contribution < 1.29 is 28.3 Å². The van der Waals surface area contributed by atoms with Gasteiger partial charge in [0.05, 0.1) is 0 Å². The van der Waals surface area contributed by atoms with Gasteiger partial charge >= 0.3 is 12.0 Å². The maximum atomic E-state index is 12.8. The lowest BCUT2D eigenvalue weighted by molar-refractivity contribution is -0.155. The third-order valence-electron chi connectivity index (χ3n) is 4.13. The molecule has 0 bridgehead atoms. The Kier molecular flexibility index (Phi) is 5.59. The van der Waals surface area contributed by atoms with Crippen LogP contribution in [-0.2, 0) is 19.1 Å². The highest BCUT2D eigenvalue weighted by Gasteiger charge is 2.47. The second kappa shape index (κ2) is 7.51. The number of nitrogens with zero attached hydrogens (tertiary/aromatic N) is 1. The Morgan fingerprint density at radius 1 is 1.31 bits per heavy atom. The Morgan fingerprint density at radius 2 is 1.92 bits per heavy atom. The third kappa shape index (κ3) is 4.16. The van der Waals surface area contributed by atoms with Crippen LogP contribution in [0.4, 0.5) is 14.9 Å². The van der Waals surface area contributed by atoms with E-state index in [1.807, 2.05) is 0 Å². The normalized spacial score (nSPS) is 20.5. The summed E-state index contributed by atoms with van der Waals surface area (Å²) in [5.41, 5.74) is -0.713. The second-order valence-electron chi connectivity index (χ2n) is 6.14. The number of hydrogen-bond acceptors (Lipinski definition) is 5. The molecule has 4 amide bonds. The molecule has 2 rings (SSSR count). The van der Waals surface area contributed by atoms with Gasteiger partial charge in [-0.3, -0.25) is 19.3 Å². The highest BCUT2D eigenvalue weighted by molar-refractivity contribution is 6.08. The summed E-state index contributed by atoms with van der Waals surface area (Å²) in [6.07, 6.45) is -0.787. The number of carbonyl (C=O) groups excluding carboxylic acids is 4. The van der Waals surface area contributed by atoms with Crippen molar-refractivity contribution in [2.45, 2.75) is 38.8 Å². The van der Waals surface area contributed by atoms with Crippen LogP contribution in [-0.4, -0.2) is 46.9 Å². The first-order chi connectivity index (χ1) is 12.2. The molecule has 1 aliphatic heterocycles. The summed E-state index contributed by atoms with van der Waals surface area (Å²) in [4.78, 5) is 48.8. The number of esters is 1. The molecule has 0 unspecified atom stereocenters. The fraction of sp³-hybridized carbons (Fsp3) is 0.412. The van der Waals surface area contributed by atoms with Crippen LogP contribution in [0.15, 0.2) is 24.3 Å². The number of benzene rings is 1. The Hall–Kier alpha value is -2.97. The molecule has 1 aliphatic rings. The minimum absolute atomic E-state index is 0.340. The lowest BCUT2D eigenvalue weighted by Crippen LogP contribution is -2.44. The molecule has 2 N–H and O–H groups in total. The monoisotopic (exact) mass is 365 g/mol. The predicted octanol–water partition coefficient (Wildman–Crippen LogP) is 1.42. The molecular formula is C17H20FN3O5. The Morgan fingerprint density at radius 3 is 2.46 bits per heavy atom. The molecule has 0 aliphatic carbocycles. The van der Waals surface area contributed by atoms with Crippen LogP contribution >= 0.6 is 0 Å².